The molecule has 1 aliphatic rings. The van der Waals surface area contributed by atoms with E-state index in [0.717, 1.165) is 5.56 Å². The van der Waals surface area contributed by atoms with Crippen LogP contribution in [0.25, 0.3) is 16.5 Å². The van der Waals surface area contributed by atoms with E-state index in [0.29, 0.717) is 16.5 Å². The maximum Gasteiger partial charge on any atom is 0.331 e. The monoisotopic (exact) mass is 369 g/mol. The number of carbonyl (C=O) groups excluding carboxylic acids is 2. The summed E-state index contributed by atoms with van der Waals surface area (Å²) in [5, 5.41) is 18.7. The van der Waals surface area contributed by atoms with E-state index < -0.39 is 24.0 Å². The summed E-state index contributed by atoms with van der Waals surface area (Å²) < 4.78 is 15.8. The van der Waals surface area contributed by atoms with Crippen molar-refractivity contribution in [2.45, 2.75) is 25.9 Å². The first-order valence-electron chi connectivity index (χ1n) is 8.14. The van der Waals surface area contributed by atoms with Crippen LogP contribution in [0.15, 0.2) is 28.7 Å². The van der Waals surface area contributed by atoms with Gasteiger partial charge in [0.05, 0.1) is 12.8 Å². The van der Waals surface area contributed by atoms with Gasteiger partial charge >= 0.3 is 17.9 Å². The molecule has 8 nitrogen and oxygen atoms in total. The fourth-order valence-electron chi connectivity index (χ4n) is 2.78. The van der Waals surface area contributed by atoms with Gasteiger partial charge in [-0.15, -0.1) is 0 Å². The van der Waals surface area contributed by atoms with E-state index in [1.165, 1.54) is 6.08 Å². The van der Waals surface area contributed by atoms with Crippen molar-refractivity contribution in [2.75, 3.05) is 6.61 Å². The van der Waals surface area contributed by atoms with Gasteiger partial charge in [0, 0.05) is 17.0 Å². The Morgan fingerprint density at radius 1 is 1.37 bits per heavy atom. The number of ether oxygens (including phenoxy) is 2. The zero-order chi connectivity index (χ0) is 19.6. The summed E-state index contributed by atoms with van der Waals surface area (Å²) in [5.41, 5.74) is 2.07. The van der Waals surface area contributed by atoms with E-state index in [1.807, 2.05) is 0 Å². The second kappa shape index (κ2) is 7.33. The molecule has 1 unspecified atom stereocenters. The lowest BCUT2D eigenvalue weighted by Gasteiger charge is -2.10. The quantitative estimate of drug-likeness (QED) is 0.770. The number of hydrogen-bond donors (Lipinski definition) is 1. The molecule has 0 bridgehead atoms. The molecular weight excluding hydrogens is 354 g/mol. The number of hydrogen-bond acceptors (Lipinski definition) is 7. The third-order valence-corrected chi connectivity index (χ3v) is 4.08. The van der Waals surface area contributed by atoms with Crippen molar-refractivity contribution in [3.63, 3.8) is 0 Å². The van der Waals surface area contributed by atoms with E-state index in [1.54, 1.807) is 25.1 Å². The van der Waals surface area contributed by atoms with Crippen LogP contribution in [0.3, 0.4) is 0 Å². The van der Waals surface area contributed by atoms with Crippen molar-refractivity contribution < 1.29 is 33.4 Å². The first-order chi connectivity index (χ1) is 12.9. The number of carboxylic acids is 1. The molecule has 1 atom stereocenters. The lowest BCUT2D eigenvalue weighted by Crippen LogP contribution is -2.10. The van der Waals surface area contributed by atoms with Gasteiger partial charge in [-0.3, -0.25) is 9.59 Å². The maximum atomic E-state index is 11.7. The molecule has 138 valence electrons. The Labute approximate surface area is 153 Å². The number of fused-ring (bicyclic) bond motifs is 1. The van der Waals surface area contributed by atoms with Crippen molar-refractivity contribution >= 4 is 34.5 Å². The van der Waals surface area contributed by atoms with Gasteiger partial charge in [-0.2, -0.15) is 5.26 Å². The van der Waals surface area contributed by atoms with Gasteiger partial charge in [0.15, 0.2) is 11.9 Å². The average Bonchev–Trinajstić information content (AvgIpc) is 3.22. The highest BCUT2D eigenvalue weighted by Gasteiger charge is 2.24. The summed E-state index contributed by atoms with van der Waals surface area (Å²) in [4.78, 5) is 33.5. The molecule has 1 N–H and O–H groups in total. The SMILES string of the molecule is CC(OC(=O)CCC(=O)O)c1oc2ccc(C3=CC(=O)OC3)cc2c1C#N. The van der Waals surface area contributed by atoms with Crippen LogP contribution in [0.4, 0.5) is 0 Å². The maximum absolute atomic E-state index is 11.7. The van der Waals surface area contributed by atoms with Gasteiger partial charge in [0.2, 0.25) is 0 Å². The van der Waals surface area contributed by atoms with Crippen LogP contribution in [-0.4, -0.2) is 29.6 Å². The van der Waals surface area contributed by atoms with Crippen LogP contribution in [0.1, 0.15) is 42.8 Å². The molecule has 1 aromatic heterocycles. The highest BCUT2D eigenvalue weighted by Crippen LogP contribution is 2.33. The molecule has 1 aliphatic heterocycles. The predicted octanol–water partition coefficient (Wildman–Crippen LogP) is 2.71. The normalized spacial score (nSPS) is 14.4. The number of aliphatic carboxylic acids is 1. The molecule has 3 rings (SSSR count). The highest BCUT2D eigenvalue weighted by molar-refractivity contribution is 5.97. The summed E-state index contributed by atoms with van der Waals surface area (Å²) >= 11 is 0. The third-order valence-electron chi connectivity index (χ3n) is 4.08. The summed E-state index contributed by atoms with van der Waals surface area (Å²) in [6.45, 7) is 1.71. The Balaban J connectivity index is 1.89. The van der Waals surface area contributed by atoms with E-state index in [9.17, 15) is 19.6 Å². The number of benzene rings is 1. The van der Waals surface area contributed by atoms with Gasteiger partial charge in [-0.05, 0) is 24.6 Å². The number of carbonyl (C=O) groups is 3. The fourth-order valence-corrected chi connectivity index (χ4v) is 2.78. The Bertz CT molecular complexity index is 1010. The van der Waals surface area contributed by atoms with Crippen molar-refractivity contribution in [1.29, 1.82) is 5.26 Å². The van der Waals surface area contributed by atoms with Crippen LogP contribution in [0.5, 0.6) is 0 Å². The molecule has 0 amide bonds. The minimum atomic E-state index is -1.10. The smallest absolute Gasteiger partial charge is 0.331 e. The first kappa shape index (κ1) is 18.2. The molecule has 0 spiro atoms. The summed E-state index contributed by atoms with van der Waals surface area (Å²) in [6, 6.07) is 7.18. The number of nitriles is 1. The summed E-state index contributed by atoms with van der Waals surface area (Å²) in [6.07, 6.45) is -0.0713. The van der Waals surface area contributed by atoms with Crippen molar-refractivity contribution in [3.8, 4) is 6.07 Å². The van der Waals surface area contributed by atoms with Crippen molar-refractivity contribution in [3.05, 3.63) is 41.2 Å². The largest absolute Gasteiger partial charge is 0.481 e. The second-order valence-corrected chi connectivity index (χ2v) is 5.97. The average molecular weight is 369 g/mol. The van der Waals surface area contributed by atoms with Gasteiger partial charge < -0.3 is 19.0 Å². The van der Waals surface area contributed by atoms with Crippen LogP contribution in [0.2, 0.25) is 0 Å². The molecule has 0 saturated heterocycles. The number of esters is 2. The van der Waals surface area contributed by atoms with E-state index in [4.69, 9.17) is 19.0 Å². The van der Waals surface area contributed by atoms with Crippen LogP contribution in [0, 0.1) is 11.3 Å². The van der Waals surface area contributed by atoms with Gasteiger partial charge in [0.1, 0.15) is 23.8 Å². The van der Waals surface area contributed by atoms with E-state index in [-0.39, 0.29) is 30.8 Å². The molecule has 8 heteroatoms. The molecule has 2 heterocycles. The molecule has 0 fully saturated rings. The van der Waals surface area contributed by atoms with Gasteiger partial charge in [-0.1, -0.05) is 6.07 Å². The predicted molar refractivity (Wildman–Crippen MR) is 91.2 cm³/mol. The standard InChI is InChI=1S/C19H15NO7/c1-10(26-17(23)5-4-16(21)22)19-14(8-20)13-6-11(2-3-15(13)27-19)12-7-18(24)25-9-12/h2-3,6-7,10H,4-5,9H2,1H3,(H,21,22). The highest BCUT2D eigenvalue weighted by atomic mass is 16.6. The summed E-state index contributed by atoms with van der Waals surface area (Å²) in [7, 11) is 0. The number of rotatable bonds is 6. The van der Waals surface area contributed by atoms with Crippen molar-refractivity contribution in [2.24, 2.45) is 0 Å². The fraction of sp³-hybridized carbons (Fsp3) is 0.263. The third kappa shape index (κ3) is 3.82. The molecular formula is C19H15NO7. The number of carboxylic acid groups (broad SMARTS) is 1. The Kier molecular flexibility index (Phi) is 4.94. The first-order valence-corrected chi connectivity index (χ1v) is 8.14. The lowest BCUT2D eigenvalue weighted by atomic mass is 10.0. The zero-order valence-corrected chi connectivity index (χ0v) is 14.4. The second-order valence-electron chi connectivity index (χ2n) is 5.97. The zero-order valence-electron chi connectivity index (χ0n) is 14.4. The minimum Gasteiger partial charge on any atom is -0.481 e. The summed E-state index contributed by atoms with van der Waals surface area (Å²) in [5.74, 6) is -2.03. The minimum absolute atomic E-state index is 0.161. The van der Waals surface area contributed by atoms with Gasteiger partial charge in [-0.25, -0.2) is 4.79 Å². The van der Waals surface area contributed by atoms with Crippen LogP contribution in [-0.2, 0) is 23.9 Å². The van der Waals surface area contributed by atoms with Crippen LogP contribution >= 0.6 is 0 Å². The van der Waals surface area contributed by atoms with Gasteiger partial charge in [0.25, 0.3) is 0 Å². The molecule has 1 aromatic carbocycles. The molecule has 27 heavy (non-hydrogen) atoms. The van der Waals surface area contributed by atoms with E-state index >= 15 is 0 Å². The van der Waals surface area contributed by atoms with E-state index in [2.05, 4.69) is 6.07 Å². The topological polar surface area (TPSA) is 127 Å². The Morgan fingerprint density at radius 3 is 2.78 bits per heavy atom. The number of nitrogens with zero attached hydrogens (tertiary/aromatic N) is 1. The number of cyclic esters (lactones) is 1. The molecule has 0 aliphatic carbocycles. The molecule has 0 saturated carbocycles. The Hall–Kier alpha value is -3.60. The lowest BCUT2D eigenvalue weighted by molar-refractivity contribution is -0.152. The van der Waals surface area contributed by atoms with Crippen molar-refractivity contribution in [1.82, 2.24) is 0 Å². The number of furan rings is 1. The van der Waals surface area contributed by atoms with Crippen LogP contribution < -0.4 is 0 Å². The molecule has 0 radical (unpaired) electrons. The molecule has 2 aromatic rings. The Morgan fingerprint density at radius 2 is 2.15 bits per heavy atom.